The molecular weight excluding hydrogens is 316 g/mol. The van der Waals surface area contributed by atoms with Gasteiger partial charge in [-0.15, -0.1) is 0 Å². The SMILES string of the molecule is COC(=O)[C@@H]1C[C@H](c2ccccc2)CN(Cc2ncnn2C(C)C)C1. The number of aromatic nitrogens is 3. The summed E-state index contributed by atoms with van der Waals surface area (Å²) in [5.41, 5.74) is 1.27. The predicted molar refractivity (Wildman–Crippen MR) is 95.0 cm³/mol. The van der Waals surface area contributed by atoms with Gasteiger partial charge in [-0.05, 0) is 31.7 Å². The third kappa shape index (κ3) is 4.07. The lowest BCUT2D eigenvalue weighted by atomic mass is 9.84. The number of hydrogen-bond donors (Lipinski definition) is 0. The zero-order chi connectivity index (χ0) is 17.8. The van der Waals surface area contributed by atoms with Crippen molar-refractivity contribution in [3.05, 3.63) is 48.0 Å². The van der Waals surface area contributed by atoms with E-state index in [-0.39, 0.29) is 17.9 Å². The van der Waals surface area contributed by atoms with E-state index in [9.17, 15) is 4.79 Å². The average molecular weight is 342 g/mol. The van der Waals surface area contributed by atoms with Crippen LogP contribution in [0.15, 0.2) is 36.7 Å². The number of hydrogen-bond acceptors (Lipinski definition) is 5. The van der Waals surface area contributed by atoms with Crippen LogP contribution in [0.3, 0.4) is 0 Å². The first-order valence-corrected chi connectivity index (χ1v) is 8.82. The lowest BCUT2D eigenvalue weighted by Gasteiger charge is -2.36. The molecule has 1 aliphatic rings. The van der Waals surface area contributed by atoms with E-state index in [4.69, 9.17) is 4.74 Å². The summed E-state index contributed by atoms with van der Waals surface area (Å²) in [6.45, 7) is 6.48. The van der Waals surface area contributed by atoms with Crippen LogP contribution in [0.1, 0.15) is 43.6 Å². The Bertz CT molecular complexity index is 698. The summed E-state index contributed by atoms with van der Waals surface area (Å²) in [5.74, 6) is 1.01. The third-order valence-corrected chi connectivity index (χ3v) is 4.83. The zero-order valence-electron chi connectivity index (χ0n) is 15.1. The number of nitrogens with zero attached hydrogens (tertiary/aromatic N) is 4. The van der Waals surface area contributed by atoms with Gasteiger partial charge in [0.05, 0.1) is 19.6 Å². The van der Waals surface area contributed by atoms with Crippen LogP contribution in [0.4, 0.5) is 0 Å². The van der Waals surface area contributed by atoms with Gasteiger partial charge in [0, 0.05) is 19.1 Å². The second-order valence-electron chi connectivity index (χ2n) is 6.97. The molecule has 0 bridgehead atoms. The van der Waals surface area contributed by atoms with E-state index in [1.165, 1.54) is 12.7 Å². The van der Waals surface area contributed by atoms with Crippen LogP contribution in [0.5, 0.6) is 0 Å². The van der Waals surface area contributed by atoms with Crippen molar-refractivity contribution in [2.24, 2.45) is 5.92 Å². The maximum Gasteiger partial charge on any atom is 0.309 e. The van der Waals surface area contributed by atoms with Crippen molar-refractivity contribution in [2.75, 3.05) is 20.2 Å². The number of methoxy groups -OCH3 is 1. The molecule has 0 radical (unpaired) electrons. The number of likely N-dealkylation sites (tertiary alicyclic amines) is 1. The van der Waals surface area contributed by atoms with Gasteiger partial charge in [-0.25, -0.2) is 9.67 Å². The molecular formula is C19H26N4O2. The van der Waals surface area contributed by atoms with Gasteiger partial charge < -0.3 is 4.74 Å². The Hall–Kier alpha value is -2.21. The second-order valence-corrected chi connectivity index (χ2v) is 6.97. The van der Waals surface area contributed by atoms with Crippen LogP contribution in [-0.4, -0.2) is 45.8 Å². The monoisotopic (exact) mass is 342 g/mol. The molecule has 0 spiro atoms. The summed E-state index contributed by atoms with van der Waals surface area (Å²) in [7, 11) is 1.47. The minimum Gasteiger partial charge on any atom is -0.469 e. The van der Waals surface area contributed by atoms with Gasteiger partial charge in [0.1, 0.15) is 12.2 Å². The van der Waals surface area contributed by atoms with Crippen LogP contribution >= 0.6 is 0 Å². The fourth-order valence-corrected chi connectivity index (χ4v) is 3.64. The van der Waals surface area contributed by atoms with Gasteiger partial charge in [-0.3, -0.25) is 9.69 Å². The van der Waals surface area contributed by atoms with Crippen molar-refractivity contribution >= 4 is 5.97 Å². The molecule has 6 heteroatoms. The molecule has 1 saturated heterocycles. The Morgan fingerprint density at radius 3 is 2.72 bits per heavy atom. The first-order valence-electron chi connectivity index (χ1n) is 8.82. The molecule has 1 aromatic heterocycles. The number of benzene rings is 1. The molecule has 134 valence electrons. The van der Waals surface area contributed by atoms with Crippen molar-refractivity contribution < 1.29 is 9.53 Å². The molecule has 0 unspecified atom stereocenters. The van der Waals surface area contributed by atoms with Crippen LogP contribution in [0.2, 0.25) is 0 Å². The summed E-state index contributed by atoms with van der Waals surface area (Å²) in [5, 5.41) is 4.32. The number of piperidine rings is 1. The summed E-state index contributed by atoms with van der Waals surface area (Å²) < 4.78 is 6.96. The van der Waals surface area contributed by atoms with Crippen molar-refractivity contribution in [3.63, 3.8) is 0 Å². The Balaban J connectivity index is 1.80. The second kappa shape index (κ2) is 7.78. The number of carbonyl (C=O) groups is 1. The molecule has 0 saturated carbocycles. The van der Waals surface area contributed by atoms with Crippen LogP contribution in [0, 0.1) is 5.92 Å². The third-order valence-electron chi connectivity index (χ3n) is 4.83. The lowest BCUT2D eigenvalue weighted by molar-refractivity contribution is -0.147. The number of rotatable bonds is 5. The van der Waals surface area contributed by atoms with E-state index in [0.717, 1.165) is 18.8 Å². The molecule has 2 atom stereocenters. The number of ether oxygens (including phenoxy) is 1. The van der Waals surface area contributed by atoms with Crippen LogP contribution in [0.25, 0.3) is 0 Å². The molecule has 1 fully saturated rings. The van der Waals surface area contributed by atoms with Gasteiger partial charge in [-0.2, -0.15) is 5.10 Å². The van der Waals surface area contributed by atoms with E-state index in [1.807, 2.05) is 10.7 Å². The van der Waals surface area contributed by atoms with Crippen molar-refractivity contribution in [1.29, 1.82) is 0 Å². The fourth-order valence-electron chi connectivity index (χ4n) is 3.64. The highest BCUT2D eigenvalue weighted by molar-refractivity contribution is 5.72. The molecule has 1 aliphatic heterocycles. The predicted octanol–water partition coefficient (Wildman–Crippen LogP) is 2.64. The van der Waals surface area contributed by atoms with Gasteiger partial charge in [0.2, 0.25) is 0 Å². The highest BCUT2D eigenvalue weighted by Crippen LogP contribution is 2.31. The Labute approximate surface area is 148 Å². The lowest BCUT2D eigenvalue weighted by Crippen LogP contribution is -2.42. The summed E-state index contributed by atoms with van der Waals surface area (Å²) in [6.07, 6.45) is 2.43. The molecule has 0 N–H and O–H groups in total. The quantitative estimate of drug-likeness (QED) is 0.782. The highest BCUT2D eigenvalue weighted by Gasteiger charge is 2.33. The van der Waals surface area contributed by atoms with E-state index in [1.54, 1.807) is 6.33 Å². The van der Waals surface area contributed by atoms with Crippen LogP contribution in [-0.2, 0) is 16.1 Å². The Morgan fingerprint density at radius 2 is 2.04 bits per heavy atom. The van der Waals surface area contributed by atoms with Crippen molar-refractivity contribution in [2.45, 2.75) is 38.8 Å². The summed E-state index contributed by atoms with van der Waals surface area (Å²) in [6, 6.07) is 10.7. The smallest absolute Gasteiger partial charge is 0.309 e. The molecule has 0 aliphatic carbocycles. The van der Waals surface area contributed by atoms with E-state index < -0.39 is 0 Å². The first kappa shape index (κ1) is 17.6. The standard InChI is InChI=1S/C19H26N4O2/c1-14(2)23-18(20-13-21-23)12-22-10-16(15-7-5-4-6-8-15)9-17(11-22)19(24)25-3/h4-8,13-14,16-17H,9-12H2,1-3H3/t16-,17+/m0/s1. The molecule has 0 amide bonds. The maximum absolute atomic E-state index is 12.2. The zero-order valence-corrected chi connectivity index (χ0v) is 15.1. The minimum atomic E-state index is -0.129. The number of carbonyl (C=O) groups excluding carboxylic acids is 1. The summed E-state index contributed by atoms with van der Waals surface area (Å²) >= 11 is 0. The van der Waals surface area contributed by atoms with E-state index in [2.05, 4.69) is 53.1 Å². The van der Waals surface area contributed by atoms with Crippen molar-refractivity contribution in [1.82, 2.24) is 19.7 Å². The molecule has 25 heavy (non-hydrogen) atoms. The fraction of sp³-hybridized carbons (Fsp3) is 0.526. The first-order chi connectivity index (χ1) is 12.1. The Morgan fingerprint density at radius 1 is 1.28 bits per heavy atom. The van der Waals surface area contributed by atoms with E-state index >= 15 is 0 Å². The van der Waals surface area contributed by atoms with Gasteiger partial charge in [0.15, 0.2) is 0 Å². The van der Waals surface area contributed by atoms with Crippen molar-refractivity contribution in [3.8, 4) is 0 Å². The molecule has 3 rings (SSSR count). The molecule has 2 aromatic rings. The van der Waals surface area contributed by atoms with Gasteiger partial charge in [0.25, 0.3) is 0 Å². The maximum atomic E-state index is 12.2. The topological polar surface area (TPSA) is 60.2 Å². The number of esters is 1. The largest absolute Gasteiger partial charge is 0.469 e. The Kier molecular flexibility index (Phi) is 5.48. The molecule has 2 heterocycles. The average Bonchev–Trinajstić information content (AvgIpc) is 3.10. The van der Waals surface area contributed by atoms with E-state index in [0.29, 0.717) is 19.0 Å². The minimum absolute atomic E-state index is 0.112. The normalized spacial score (nSPS) is 21.4. The van der Waals surface area contributed by atoms with Gasteiger partial charge >= 0.3 is 5.97 Å². The summed E-state index contributed by atoms with van der Waals surface area (Å²) in [4.78, 5) is 18.9. The van der Waals surface area contributed by atoms with Gasteiger partial charge in [-0.1, -0.05) is 30.3 Å². The molecule has 1 aromatic carbocycles. The molecule has 6 nitrogen and oxygen atoms in total. The van der Waals surface area contributed by atoms with Crippen LogP contribution < -0.4 is 0 Å². The highest BCUT2D eigenvalue weighted by atomic mass is 16.5.